The van der Waals surface area contributed by atoms with Crippen molar-refractivity contribution in [3.8, 4) is 0 Å². The fourth-order valence-electron chi connectivity index (χ4n) is 1.19. The van der Waals surface area contributed by atoms with E-state index in [2.05, 4.69) is 0 Å². The third-order valence-corrected chi connectivity index (χ3v) is 2.75. The topological polar surface area (TPSA) is 89.4 Å². The standard InChI is InChI=1S/C9H12O3S.H3N.Na.H/c1-7(2)8-5-3-4-6-9(8)13(10,11)12;;;/h3-7H,1-2H3,(H,10,11,12);1H3;;. The van der Waals surface area contributed by atoms with Crippen molar-refractivity contribution < 1.29 is 13.0 Å². The Morgan fingerprint density at radius 1 is 1.20 bits per heavy atom. The number of hydrogen-bond acceptors (Lipinski definition) is 3. The molecule has 0 saturated carbocycles. The van der Waals surface area contributed by atoms with Gasteiger partial charge < -0.3 is 6.15 Å². The zero-order valence-electron chi connectivity index (χ0n) is 8.27. The van der Waals surface area contributed by atoms with E-state index < -0.39 is 10.1 Å². The van der Waals surface area contributed by atoms with E-state index in [1.807, 2.05) is 13.8 Å². The molecular weight excluding hydrogens is 225 g/mol. The quantitative estimate of drug-likeness (QED) is 0.607. The number of benzene rings is 1. The van der Waals surface area contributed by atoms with E-state index in [9.17, 15) is 8.42 Å². The Hall–Kier alpha value is 0.0900. The molecular formula is C9H16NNaO3S. The Morgan fingerprint density at radius 2 is 1.67 bits per heavy atom. The molecule has 82 valence electrons. The van der Waals surface area contributed by atoms with Crippen LogP contribution in [0.4, 0.5) is 0 Å². The van der Waals surface area contributed by atoms with Gasteiger partial charge in [-0.1, -0.05) is 32.0 Å². The first kappa shape index (κ1) is 17.5. The molecule has 4 nitrogen and oxygen atoms in total. The first-order chi connectivity index (χ1) is 5.93. The van der Waals surface area contributed by atoms with Crippen LogP contribution in [0.15, 0.2) is 29.2 Å². The number of rotatable bonds is 2. The summed E-state index contributed by atoms with van der Waals surface area (Å²) < 4.78 is 30.7. The minimum atomic E-state index is -4.08. The summed E-state index contributed by atoms with van der Waals surface area (Å²) >= 11 is 0. The van der Waals surface area contributed by atoms with Gasteiger partial charge in [0.1, 0.15) is 0 Å². The summed E-state index contributed by atoms with van der Waals surface area (Å²) in [7, 11) is -4.08. The van der Waals surface area contributed by atoms with Crippen molar-refractivity contribution in [2.75, 3.05) is 0 Å². The van der Waals surface area contributed by atoms with Crippen molar-refractivity contribution in [3.05, 3.63) is 29.8 Å². The fraction of sp³-hybridized carbons (Fsp3) is 0.333. The van der Waals surface area contributed by atoms with Gasteiger partial charge in [-0.05, 0) is 17.5 Å². The summed E-state index contributed by atoms with van der Waals surface area (Å²) in [6, 6.07) is 6.46. The second-order valence-corrected chi connectivity index (χ2v) is 4.56. The summed E-state index contributed by atoms with van der Waals surface area (Å²) in [5, 5.41) is 0. The second kappa shape index (κ2) is 6.62. The van der Waals surface area contributed by atoms with E-state index in [4.69, 9.17) is 4.55 Å². The molecule has 0 saturated heterocycles. The molecule has 6 heteroatoms. The average Bonchev–Trinajstić information content (AvgIpc) is 2.03. The molecule has 4 N–H and O–H groups in total. The van der Waals surface area contributed by atoms with Gasteiger partial charge in [-0.2, -0.15) is 8.42 Å². The Balaban J connectivity index is 0. The maximum atomic E-state index is 10.9. The first-order valence-corrected chi connectivity index (χ1v) is 5.43. The van der Waals surface area contributed by atoms with E-state index >= 15 is 0 Å². The van der Waals surface area contributed by atoms with Gasteiger partial charge >= 0.3 is 29.6 Å². The summed E-state index contributed by atoms with van der Waals surface area (Å²) in [5.41, 5.74) is 0.644. The van der Waals surface area contributed by atoms with Gasteiger partial charge in [-0.25, -0.2) is 0 Å². The van der Waals surface area contributed by atoms with Gasteiger partial charge in [-0.15, -0.1) is 0 Å². The molecule has 0 atom stereocenters. The van der Waals surface area contributed by atoms with Gasteiger partial charge in [0, 0.05) is 0 Å². The Bertz CT molecular complexity index is 404. The second-order valence-electron chi connectivity index (χ2n) is 3.17. The van der Waals surface area contributed by atoms with E-state index in [1.165, 1.54) is 6.07 Å². The fourth-order valence-corrected chi connectivity index (χ4v) is 2.04. The van der Waals surface area contributed by atoms with E-state index in [1.54, 1.807) is 18.2 Å². The van der Waals surface area contributed by atoms with Crippen LogP contribution >= 0.6 is 0 Å². The van der Waals surface area contributed by atoms with E-state index in [0.717, 1.165) is 0 Å². The average molecular weight is 241 g/mol. The molecule has 1 rings (SSSR count). The van der Waals surface area contributed by atoms with Gasteiger partial charge in [0.25, 0.3) is 10.1 Å². The van der Waals surface area contributed by atoms with Crippen LogP contribution in [-0.4, -0.2) is 42.5 Å². The summed E-state index contributed by atoms with van der Waals surface area (Å²) in [4.78, 5) is 0.00463. The molecule has 15 heavy (non-hydrogen) atoms. The molecule has 0 aliphatic heterocycles. The monoisotopic (exact) mass is 241 g/mol. The minimum absolute atomic E-state index is 0. The molecule has 0 spiro atoms. The van der Waals surface area contributed by atoms with Crippen molar-refractivity contribution in [2.24, 2.45) is 0 Å². The zero-order chi connectivity index (χ0) is 10.1. The summed E-state index contributed by atoms with van der Waals surface area (Å²) in [5.74, 6) is 0.0816. The van der Waals surface area contributed by atoms with Crippen LogP contribution in [-0.2, 0) is 10.1 Å². The van der Waals surface area contributed by atoms with Crippen molar-refractivity contribution in [1.82, 2.24) is 6.15 Å². The molecule has 0 fully saturated rings. The normalized spacial score (nSPS) is 10.4. The molecule has 1 aromatic carbocycles. The molecule has 0 unspecified atom stereocenters. The van der Waals surface area contributed by atoms with E-state index in [-0.39, 0.29) is 46.5 Å². The van der Waals surface area contributed by atoms with Gasteiger partial charge in [0.15, 0.2) is 0 Å². The van der Waals surface area contributed by atoms with E-state index in [0.29, 0.717) is 5.56 Å². The van der Waals surface area contributed by atoms with Crippen molar-refractivity contribution >= 4 is 39.7 Å². The Kier molecular flexibility index (Phi) is 7.72. The molecule has 0 aromatic heterocycles. The molecule has 1 aromatic rings. The van der Waals surface area contributed by atoms with Gasteiger partial charge in [0.2, 0.25) is 0 Å². The molecule has 0 aliphatic rings. The zero-order valence-corrected chi connectivity index (χ0v) is 9.08. The van der Waals surface area contributed by atoms with Crippen LogP contribution in [0.5, 0.6) is 0 Å². The van der Waals surface area contributed by atoms with Crippen LogP contribution < -0.4 is 6.15 Å². The number of hydrogen-bond donors (Lipinski definition) is 2. The third kappa shape index (κ3) is 4.63. The van der Waals surface area contributed by atoms with Gasteiger partial charge in [-0.3, -0.25) is 4.55 Å². The van der Waals surface area contributed by atoms with Crippen molar-refractivity contribution in [3.63, 3.8) is 0 Å². The van der Waals surface area contributed by atoms with Crippen LogP contribution in [0.3, 0.4) is 0 Å². The first-order valence-electron chi connectivity index (χ1n) is 3.99. The SMILES string of the molecule is CC(C)c1ccccc1S(=O)(=O)O.N.[NaH]. The maximum absolute atomic E-state index is 10.9. The molecule has 0 radical (unpaired) electrons. The molecule has 0 bridgehead atoms. The van der Waals surface area contributed by atoms with Crippen molar-refractivity contribution in [2.45, 2.75) is 24.7 Å². The Morgan fingerprint density at radius 3 is 2.00 bits per heavy atom. The van der Waals surface area contributed by atoms with Crippen LogP contribution in [0.2, 0.25) is 0 Å². The van der Waals surface area contributed by atoms with Crippen LogP contribution in [0.25, 0.3) is 0 Å². The van der Waals surface area contributed by atoms with Crippen LogP contribution in [0, 0.1) is 0 Å². The van der Waals surface area contributed by atoms with Crippen LogP contribution in [0.1, 0.15) is 25.3 Å². The molecule has 0 aliphatic carbocycles. The molecule has 0 heterocycles. The molecule has 0 amide bonds. The predicted octanol–water partition coefficient (Wildman–Crippen LogP) is 1.57. The van der Waals surface area contributed by atoms with Gasteiger partial charge in [0.05, 0.1) is 4.90 Å². The third-order valence-electron chi connectivity index (χ3n) is 1.82. The van der Waals surface area contributed by atoms with Crippen molar-refractivity contribution in [1.29, 1.82) is 0 Å². The predicted molar refractivity (Wildman–Crippen MR) is 62.5 cm³/mol. The summed E-state index contributed by atoms with van der Waals surface area (Å²) in [6.45, 7) is 3.76. The Labute approximate surface area is 113 Å². The summed E-state index contributed by atoms with van der Waals surface area (Å²) in [6.07, 6.45) is 0.